The van der Waals surface area contributed by atoms with Gasteiger partial charge in [0, 0.05) is 17.9 Å². The average Bonchev–Trinajstić information content (AvgIpc) is 2.66. The van der Waals surface area contributed by atoms with Crippen molar-refractivity contribution >= 4 is 5.97 Å². The number of hydrogen-bond acceptors (Lipinski definition) is 5. The van der Waals surface area contributed by atoms with Crippen LogP contribution in [0.5, 0.6) is 11.5 Å². The van der Waals surface area contributed by atoms with E-state index in [1.54, 1.807) is 0 Å². The lowest BCUT2D eigenvalue weighted by Gasteiger charge is -2.50. The molecule has 3 rings (SSSR count). The number of hydrogen-bond donors (Lipinski definition) is 2. The molecule has 0 bridgehead atoms. The van der Waals surface area contributed by atoms with Crippen LogP contribution in [0.25, 0.3) is 0 Å². The monoisotopic (exact) mass is 377 g/mol. The summed E-state index contributed by atoms with van der Waals surface area (Å²) in [6, 6.07) is 5.91. The van der Waals surface area contributed by atoms with Gasteiger partial charge in [-0.3, -0.25) is 4.79 Å². The summed E-state index contributed by atoms with van der Waals surface area (Å²) in [6.07, 6.45) is 4.39. The van der Waals surface area contributed by atoms with Gasteiger partial charge in [0.05, 0.1) is 18.8 Å². The van der Waals surface area contributed by atoms with Gasteiger partial charge in [-0.05, 0) is 58.6 Å². The summed E-state index contributed by atoms with van der Waals surface area (Å²) in [4.78, 5) is 11.2. The van der Waals surface area contributed by atoms with Crippen molar-refractivity contribution in [2.45, 2.75) is 70.2 Å². The first-order chi connectivity index (χ1) is 13.0. The Morgan fingerprint density at radius 3 is 2.93 bits per heavy atom. The van der Waals surface area contributed by atoms with E-state index in [9.17, 15) is 9.90 Å². The van der Waals surface area contributed by atoms with Crippen molar-refractivity contribution in [3.05, 3.63) is 23.8 Å². The van der Waals surface area contributed by atoms with Crippen LogP contribution >= 0.6 is 0 Å². The summed E-state index contributed by atoms with van der Waals surface area (Å²) < 4.78 is 18.7. The van der Waals surface area contributed by atoms with E-state index in [0.29, 0.717) is 31.1 Å². The normalized spacial score (nSPS) is 29.4. The first kappa shape index (κ1) is 20.0. The first-order valence-corrected chi connectivity index (χ1v) is 10.0. The number of carbonyl (C=O) groups is 1. The quantitative estimate of drug-likeness (QED) is 0.718. The number of para-hydroxylation sites is 1. The second-order valence-corrected chi connectivity index (χ2v) is 7.71. The maximum Gasteiger partial charge on any atom is 0.303 e. The van der Waals surface area contributed by atoms with Crippen LogP contribution in [0.1, 0.15) is 64.0 Å². The van der Waals surface area contributed by atoms with Crippen molar-refractivity contribution in [3.8, 4) is 11.5 Å². The standard InChI is InChI=1S/C21H31NO5/c1-3-25-17-8-4-7-15-19-16(10-9-14(26-19)6-5-13-22)21(2,27-20(15)17)12-11-18(23)24/h4,7-8,14,16,19H,3,5-6,9-13,22H2,1-2H3,(H,23,24)/t14-,16-,19+,21+/m1/s1. The number of carboxylic acids is 1. The second-order valence-electron chi connectivity index (χ2n) is 7.71. The largest absolute Gasteiger partial charge is 0.490 e. The molecule has 2 aliphatic heterocycles. The van der Waals surface area contributed by atoms with Gasteiger partial charge in [-0.15, -0.1) is 0 Å². The van der Waals surface area contributed by atoms with Crippen LogP contribution in [-0.2, 0) is 9.53 Å². The SMILES string of the molecule is CCOc1cccc2c1O[C@@](C)(CCC(=O)O)[C@@H]1CC[C@@H](CCCN)O[C@@H]21. The summed E-state index contributed by atoms with van der Waals surface area (Å²) in [5.41, 5.74) is 6.09. The summed E-state index contributed by atoms with van der Waals surface area (Å²) in [5.74, 6) is 0.712. The second kappa shape index (κ2) is 8.48. The van der Waals surface area contributed by atoms with Crippen molar-refractivity contribution in [3.63, 3.8) is 0 Å². The van der Waals surface area contributed by atoms with Crippen LogP contribution in [0.2, 0.25) is 0 Å². The third-order valence-corrected chi connectivity index (χ3v) is 5.80. The van der Waals surface area contributed by atoms with Gasteiger partial charge in [-0.1, -0.05) is 12.1 Å². The molecule has 1 aromatic rings. The molecule has 4 atom stereocenters. The van der Waals surface area contributed by atoms with Crippen LogP contribution in [0.4, 0.5) is 0 Å². The van der Waals surface area contributed by atoms with Gasteiger partial charge in [0.1, 0.15) is 5.60 Å². The number of carboxylic acid groups (broad SMARTS) is 1. The van der Waals surface area contributed by atoms with E-state index < -0.39 is 11.6 Å². The zero-order valence-corrected chi connectivity index (χ0v) is 16.3. The van der Waals surface area contributed by atoms with Gasteiger partial charge in [0.25, 0.3) is 0 Å². The Labute approximate surface area is 161 Å². The highest BCUT2D eigenvalue weighted by Gasteiger charge is 2.50. The lowest BCUT2D eigenvalue weighted by molar-refractivity contribution is -0.162. The van der Waals surface area contributed by atoms with E-state index in [2.05, 4.69) is 0 Å². The molecule has 2 aliphatic rings. The van der Waals surface area contributed by atoms with Gasteiger partial charge in [0.2, 0.25) is 0 Å². The molecule has 1 saturated heterocycles. The van der Waals surface area contributed by atoms with Crippen molar-refractivity contribution in [2.75, 3.05) is 13.2 Å². The smallest absolute Gasteiger partial charge is 0.303 e. The average molecular weight is 377 g/mol. The number of ether oxygens (including phenoxy) is 3. The Balaban J connectivity index is 1.94. The topological polar surface area (TPSA) is 91.0 Å². The molecule has 0 amide bonds. The zero-order valence-electron chi connectivity index (χ0n) is 16.3. The van der Waals surface area contributed by atoms with E-state index in [4.69, 9.17) is 19.9 Å². The van der Waals surface area contributed by atoms with Crippen molar-refractivity contribution in [2.24, 2.45) is 11.7 Å². The van der Waals surface area contributed by atoms with E-state index in [1.807, 2.05) is 32.0 Å². The van der Waals surface area contributed by atoms with Crippen LogP contribution in [0, 0.1) is 5.92 Å². The van der Waals surface area contributed by atoms with Gasteiger partial charge in [0.15, 0.2) is 11.5 Å². The Kier molecular flexibility index (Phi) is 6.27. The molecule has 0 saturated carbocycles. The fourth-order valence-corrected chi connectivity index (χ4v) is 4.40. The lowest BCUT2D eigenvalue weighted by Crippen LogP contribution is -2.50. The van der Waals surface area contributed by atoms with Crippen LogP contribution < -0.4 is 15.2 Å². The molecule has 1 aromatic carbocycles. The third-order valence-electron chi connectivity index (χ3n) is 5.80. The highest BCUT2D eigenvalue weighted by atomic mass is 16.5. The van der Waals surface area contributed by atoms with Crippen molar-refractivity contribution in [1.82, 2.24) is 0 Å². The minimum absolute atomic E-state index is 0.0719. The predicted molar refractivity (Wildman–Crippen MR) is 102 cm³/mol. The zero-order chi connectivity index (χ0) is 19.4. The summed E-state index contributed by atoms with van der Waals surface area (Å²) >= 11 is 0. The van der Waals surface area contributed by atoms with Crippen LogP contribution in [0.3, 0.4) is 0 Å². The molecule has 3 N–H and O–H groups in total. The minimum atomic E-state index is -0.808. The molecular weight excluding hydrogens is 346 g/mol. The molecule has 150 valence electrons. The molecule has 0 unspecified atom stereocenters. The van der Waals surface area contributed by atoms with Gasteiger partial charge in [-0.2, -0.15) is 0 Å². The third kappa shape index (κ3) is 4.22. The Hall–Kier alpha value is -1.79. The molecular formula is C21H31NO5. The molecule has 0 spiro atoms. The fraction of sp³-hybridized carbons (Fsp3) is 0.667. The van der Waals surface area contributed by atoms with E-state index in [0.717, 1.165) is 31.2 Å². The summed E-state index contributed by atoms with van der Waals surface area (Å²) in [5, 5.41) is 9.20. The Morgan fingerprint density at radius 1 is 1.41 bits per heavy atom. The maximum atomic E-state index is 11.2. The van der Waals surface area contributed by atoms with Crippen molar-refractivity contribution < 1.29 is 24.1 Å². The molecule has 6 nitrogen and oxygen atoms in total. The molecule has 1 fully saturated rings. The van der Waals surface area contributed by atoms with Crippen LogP contribution in [-0.4, -0.2) is 35.9 Å². The van der Waals surface area contributed by atoms with E-state index >= 15 is 0 Å². The number of benzene rings is 1. The van der Waals surface area contributed by atoms with Crippen LogP contribution in [0.15, 0.2) is 18.2 Å². The first-order valence-electron chi connectivity index (χ1n) is 10.0. The predicted octanol–water partition coefficient (Wildman–Crippen LogP) is 3.68. The maximum absolute atomic E-state index is 11.2. The molecule has 0 aliphatic carbocycles. The summed E-state index contributed by atoms with van der Waals surface area (Å²) in [6.45, 7) is 5.16. The highest BCUT2D eigenvalue weighted by molar-refractivity contribution is 5.66. The Morgan fingerprint density at radius 2 is 2.22 bits per heavy atom. The number of rotatable bonds is 8. The molecule has 6 heteroatoms. The summed E-state index contributed by atoms with van der Waals surface area (Å²) in [7, 11) is 0. The molecule has 0 radical (unpaired) electrons. The molecule has 27 heavy (non-hydrogen) atoms. The van der Waals surface area contributed by atoms with Crippen molar-refractivity contribution in [1.29, 1.82) is 0 Å². The van der Waals surface area contributed by atoms with E-state index in [-0.39, 0.29) is 24.5 Å². The molecule has 2 heterocycles. The van der Waals surface area contributed by atoms with Gasteiger partial charge < -0.3 is 25.1 Å². The highest BCUT2D eigenvalue weighted by Crippen LogP contribution is 2.54. The lowest BCUT2D eigenvalue weighted by atomic mass is 9.72. The number of fused-ring (bicyclic) bond motifs is 3. The van der Waals surface area contributed by atoms with E-state index in [1.165, 1.54) is 0 Å². The number of nitrogens with two attached hydrogens (primary N) is 1. The fourth-order valence-electron chi connectivity index (χ4n) is 4.40. The number of aliphatic carboxylic acids is 1. The van der Waals surface area contributed by atoms with Gasteiger partial charge in [-0.25, -0.2) is 0 Å². The minimum Gasteiger partial charge on any atom is -0.490 e. The van der Waals surface area contributed by atoms with Gasteiger partial charge >= 0.3 is 5.97 Å². The molecule has 0 aromatic heterocycles. The Bertz CT molecular complexity index is 664.